The number of rotatable bonds is 3. The van der Waals surface area contributed by atoms with Crippen LogP contribution in [-0.2, 0) is 0 Å². The molecule has 1 aliphatic rings. The van der Waals surface area contributed by atoms with Gasteiger partial charge < -0.3 is 0 Å². The summed E-state index contributed by atoms with van der Waals surface area (Å²) in [6, 6.07) is 0. The summed E-state index contributed by atoms with van der Waals surface area (Å²) < 4.78 is 0. The third kappa shape index (κ3) is 5.39. The maximum absolute atomic E-state index is 2.55. The molecule has 0 bridgehead atoms. The predicted octanol–water partition coefficient (Wildman–Crippen LogP) is 4.75. The van der Waals surface area contributed by atoms with E-state index in [-0.39, 0.29) is 20.1 Å². The normalized spacial score (nSPS) is 33.6. The summed E-state index contributed by atoms with van der Waals surface area (Å²) in [7, 11) is -1.19. The molecule has 120 valence electrons. The van der Waals surface area contributed by atoms with Gasteiger partial charge in [0.25, 0.3) is 0 Å². The van der Waals surface area contributed by atoms with E-state index in [2.05, 4.69) is 56.3 Å². The van der Waals surface area contributed by atoms with E-state index in [0.717, 1.165) is 15.7 Å². The Kier molecular flexibility index (Phi) is 5.76. The van der Waals surface area contributed by atoms with Crippen molar-refractivity contribution in [2.45, 2.75) is 41.4 Å². The number of hydrogen-bond acceptors (Lipinski definition) is 0. The van der Waals surface area contributed by atoms with Crippen LogP contribution >= 0.6 is 30.1 Å². The molecule has 19 heavy (non-hydrogen) atoms. The van der Waals surface area contributed by atoms with E-state index < -0.39 is 10.0 Å². The van der Waals surface area contributed by atoms with Crippen LogP contribution in [0.2, 0.25) is 0 Å². The molecule has 3 heteroatoms. The fraction of sp³-hybridized carbons (Fsp3) is 1.00. The average molecular weight is 327 g/mol. The Hall–Kier alpha value is 1.05. The van der Waals surface area contributed by atoms with Crippen molar-refractivity contribution in [3.05, 3.63) is 0 Å². The molecule has 2 unspecified atom stereocenters. The minimum atomic E-state index is -0.409. The van der Waals surface area contributed by atoms with Crippen LogP contribution in [0.15, 0.2) is 0 Å². The van der Waals surface area contributed by atoms with Crippen LogP contribution in [-0.4, -0.2) is 72.1 Å². The van der Waals surface area contributed by atoms with Gasteiger partial charge in [-0.1, -0.05) is 0 Å². The van der Waals surface area contributed by atoms with Gasteiger partial charge >= 0.3 is 0 Å². The van der Waals surface area contributed by atoms with E-state index in [9.17, 15) is 0 Å². The van der Waals surface area contributed by atoms with Gasteiger partial charge in [-0.2, -0.15) is 0 Å². The maximum Gasteiger partial charge on any atom is -0.00992 e. The topological polar surface area (TPSA) is 0 Å². The Morgan fingerprint density at radius 1 is 0.474 bits per heavy atom. The molecule has 0 aromatic heterocycles. The standard InChI is InChI=1S/C16H38S3/c1-17(2,3)14-10-11-15(18(4,5)6)13-16(12-14)19(7,8)9/h14-16H,10-13H2,1-9H3. The largest absolute Gasteiger partial charge is 0.247 e. The Bertz CT molecular complexity index is 267. The summed E-state index contributed by atoms with van der Waals surface area (Å²) in [5, 5.41) is 3.02. The van der Waals surface area contributed by atoms with Gasteiger partial charge in [-0.05, 0) is 97.7 Å². The van der Waals surface area contributed by atoms with E-state index >= 15 is 0 Å². The van der Waals surface area contributed by atoms with Gasteiger partial charge in [0.05, 0.1) is 0 Å². The molecule has 0 aromatic rings. The van der Waals surface area contributed by atoms with E-state index in [1.165, 1.54) is 25.7 Å². The zero-order chi connectivity index (χ0) is 15.1. The lowest BCUT2D eigenvalue weighted by Crippen LogP contribution is -2.26. The molecular weight excluding hydrogens is 288 g/mol. The van der Waals surface area contributed by atoms with Gasteiger partial charge in [0.1, 0.15) is 0 Å². The van der Waals surface area contributed by atoms with Crippen LogP contribution in [0.1, 0.15) is 25.7 Å². The lowest BCUT2D eigenvalue weighted by atomic mass is 10.2. The minimum absolute atomic E-state index is 0.389. The lowest BCUT2D eigenvalue weighted by molar-refractivity contribution is 0.717. The van der Waals surface area contributed by atoms with Crippen molar-refractivity contribution >= 4 is 30.1 Å². The van der Waals surface area contributed by atoms with Crippen LogP contribution in [0, 0.1) is 0 Å². The van der Waals surface area contributed by atoms with Crippen LogP contribution < -0.4 is 0 Å². The molecule has 0 radical (unpaired) electrons. The molecule has 0 saturated heterocycles. The van der Waals surface area contributed by atoms with Crippen molar-refractivity contribution in [2.24, 2.45) is 0 Å². The van der Waals surface area contributed by atoms with Gasteiger partial charge in [-0.3, -0.25) is 0 Å². The molecule has 0 aliphatic heterocycles. The Labute approximate surface area is 127 Å². The van der Waals surface area contributed by atoms with Crippen molar-refractivity contribution in [3.8, 4) is 0 Å². The van der Waals surface area contributed by atoms with Crippen molar-refractivity contribution in [1.29, 1.82) is 0 Å². The molecular formula is C16H38S3. The Morgan fingerprint density at radius 2 is 0.737 bits per heavy atom. The van der Waals surface area contributed by atoms with E-state index in [0.29, 0.717) is 0 Å². The third-order valence-electron chi connectivity index (χ3n) is 4.86. The second-order valence-corrected chi connectivity index (χ2v) is 22.3. The summed E-state index contributed by atoms with van der Waals surface area (Å²) in [5.41, 5.74) is 0. The van der Waals surface area contributed by atoms with Gasteiger partial charge in [0.15, 0.2) is 0 Å². The summed E-state index contributed by atoms with van der Waals surface area (Å²) in [6.07, 6.45) is 28.9. The highest BCUT2D eigenvalue weighted by Crippen LogP contribution is 2.58. The highest BCUT2D eigenvalue weighted by molar-refractivity contribution is 8.34. The lowest BCUT2D eigenvalue weighted by Gasteiger charge is -2.43. The third-order valence-corrected chi connectivity index (χ3v) is 12.1. The monoisotopic (exact) mass is 326 g/mol. The average Bonchev–Trinajstić information content (AvgIpc) is 2.35. The first-order valence-electron chi connectivity index (χ1n) is 7.33. The molecule has 1 aliphatic carbocycles. The minimum Gasteiger partial charge on any atom is -0.247 e. The fourth-order valence-electron chi connectivity index (χ4n) is 3.15. The van der Waals surface area contributed by atoms with Crippen LogP contribution in [0.5, 0.6) is 0 Å². The quantitative estimate of drug-likeness (QED) is 0.657. The van der Waals surface area contributed by atoms with Crippen LogP contribution in [0.3, 0.4) is 0 Å². The summed E-state index contributed by atoms with van der Waals surface area (Å²) in [6.45, 7) is 0. The van der Waals surface area contributed by atoms with Crippen molar-refractivity contribution in [2.75, 3.05) is 56.3 Å². The molecule has 1 rings (SSSR count). The van der Waals surface area contributed by atoms with Gasteiger partial charge in [-0.25, -0.2) is 30.1 Å². The van der Waals surface area contributed by atoms with E-state index in [1.54, 1.807) is 0 Å². The van der Waals surface area contributed by atoms with Crippen molar-refractivity contribution in [3.63, 3.8) is 0 Å². The highest BCUT2D eigenvalue weighted by atomic mass is 32.3. The predicted molar refractivity (Wildman–Crippen MR) is 106 cm³/mol. The second-order valence-electron chi connectivity index (χ2n) is 8.71. The molecule has 0 nitrogen and oxygen atoms in total. The van der Waals surface area contributed by atoms with Crippen molar-refractivity contribution < 1.29 is 0 Å². The molecule has 1 fully saturated rings. The van der Waals surface area contributed by atoms with Gasteiger partial charge in [-0.15, -0.1) is 0 Å². The molecule has 0 spiro atoms. The summed E-state index contributed by atoms with van der Waals surface area (Å²) in [4.78, 5) is 0. The molecule has 0 amide bonds. The Morgan fingerprint density at radius 3 is 0.947 bits per heavy atom. The van der Waals surface area contributed by atoms with Gasteiger partial charge in [0, 0.05) is 0 Å². The summed E-state index contributed by atoms with van der Waals surface area (Å²) >= 11 is 0. The Balaban J connectivity index is 2.96. The van der Waals surface area contributed by atoms with Crippen LogP contribution in [0.4, 0.5) is 0 Å². The zero-order valence-electron chi connectivity index (χ0n) is 14.8. The highest BCUT2D eigenvalue weighted by Gasteiger charge is 2.36. The second kappa shape index (κ2) is 6.04. The first-order valence-corrected chi connectivity index (χ1v) is 16.1. The molecule has 0 N–H and O–H groups in total. The molecule has 0 aromatic carbocycles. The smallest absolute Gasteiger partial charge is 0.00992 e. The maximum atomic E-state index is 2.55. The number of hydrogen-bond donors (Lipinski definition) is 0. The molecule has 2 atom stereocenters. The fourth-order valence-corrected chi connectivity index (χ4v) is 8.32. The van der Waals surface area contributed by atoms with Crippen molar-refractivity contribution in [1.82, 2.24) is 0 Å². The first-order chi connectivity index (χ1) is 8.32. The molecule has 1 saturated carbocycles. The van der Waals surface area contributed by atoms with E-state index in [1.807, 2.05) is 0 Å². The SMILES string of the molecule is CS(C)(C)C1CCC(S(C)(C)C)CC(S(C)(C)C)C1. The van der Waals surface area contributed by atoms with Gasteiger partial charge in [0.2, 0.25) is 0 Å². The van der Waals surface area contributed by atoms with E-state index in [4.69, 9.17) is 0 Å². The molecule has 0 heterocycles. The van der Waals surface area contributed by atoms with Crippen LogP contribution in [0.25, 0.3) is 0 Å². The zero-order valence-corrected chi connectivity index (χ0v) is 17.2. The summed E-state index contributed by atoms with van der Waals surface area (Å²) in [5.74, 6) is 0. The first kappa shape index (κ1) is 18.1.